The molecule has 0 aliphatic heterocycles. The summed E-state index contributed by atoms with van der Waals surface area (Å²) in [5.41, 5.74) is 3.67. The van der Waals surface area contributed by atoms with E-state index in [-0.39, 0.29) is 24.0 Å². The van der Waals surface area contributed by atoms with E-state index in [1.165, 1.54) is 24.5 Å². The van der Waals surface area contributed by atoms with Gasteiger partial charge in [-0.15, -0.1) is 0 Å². The summed E-state index contributed by atoms with van der Waals surface area (Å²) >= 11 is 3.43. The topological polar surface area (TPSA) is 128 Å². The van der Waals surface area contributed by atoms with Crippen molar-refractivity contribution in [1.82, 2.24) is 4.98 Å². The molecule has 2 aromatic carbocycles. The summed E-state index contributed by atoms with van der Waals surface area (Å²) in [5.74, 6) is 0.477. The lowest BCUT2D eigenvalue weighted by Crippen LogP contribution is -2.20. The van der Waals surface area contributed by atoms with Crippen molar-refractivity contribution in [3.05, 3.63) is 80.9 Å². The number of halogens is 1. The maximum atomic E-state index is 12.2. The Bertz CT molecular complexity index is 1160. The normalized spacial score (nSPS) is 10.6. The maximum absolute atomic E-state index is 12.2. The van der Waals surface area contributed by atoms with Crippen LogP contribution in [0.2, 0.25) is 0 Å². The average molecular weight is 514 g/mol. The van der Waals surface area contributed by atoms with Crippen molar-refractivity contribution in [2.24, 2.45) is 5.10 Å². The van der Waals surface area contributed by atoms with Crippen LogP contribution in [0.25, 0.3) is 0 Å². The average Bonchev–Trinajstić information content (AvgIpc) is 2.79. The monoisotopic (exact) mass is 513 g/mol. The van der Waals surface area contributed by atoms with Gasteiger partial charge in [-0.25, -0.2) is 4.98 Å². The van der Waals surface area contributed by atoms with Crippen molar-refractivity contribution < 1.29 is 19.2 Å². The number of para-hydroxylation sites is 1. The Morgan fingerprint density at radius 1 is 1.21 bits per heavy atom. The molecule has 1 heterocycles. The van der Waals surface area contributed by atoms with E-state index >= 15 is 0 Å². The van der Waals surface area contributed by atoms with E-state index in [2.05, 4.69) is 36.8 Å². The van der Waals surface area contributed by atoms with Gasteiger partial charge in [0.25, 0.3) is 5.91 Å². The van der Waals surface area contributed by atoms with Crippen molar-refractivity contribution in [3.63, 3.8) is 0 Å². The molecule has 33 heavy (non-hydrogen) atoms. The van der Waals surface area contributed by atoms with E-state index in [1.807, 2.05) is 25.1 Å². The predicted octanol–water partition coefficient (Wildman–Crippen LogP) is 4.61. The van der Waals surface area contributed by atoms with E-state index in [9.17, 15) is 14.9 Å². The highest BCUT2D eigenvalue weighted by atomic mass is 79.9. The third-order valence-corrected chi connectivity index (χ3v) is 4.69. The highest BCUT2D eigenvalue weighted by Gasteiger charge is 2.15. The van der Waals surface area contributed by atoms with Gasteiger partial charge in [0, 0.05) is 18.0 Å². The van der Waals surface area contributed by atoms with Crippen LogP contribution in [0.3, 0.4) is 0 Å². The minimum Gasteiger partial charge on any atom is -0.490 e. The molecule has 2 N–H and O–H groups in total. The number of nitro groups is 1. The number of anilines is 2. The van der Waals surface area contributed by atoms with E-state index in [4.69, 9.17) is 9.47 Å². The zero-order valence-electron chi connectivity index (χ0n) is 17.5. The summed E-state index contributed by atoms with van der Waals surface area (Å²) < 4.78 is 11.9. The third kappa shape index (κ3) is 6.74. The van der Waals surface area contributed by atoms with Gasteiger partial charge in [-0.05, 0) is 58.7 Å². The highest BCUT2D eigenvalue weighted by Crippen LogP contribution is 2.36. The smallest absolute Gasteiger partial charge is 0.313 e. The number of carbonyl (C=O) groups is 1. The van der Waals surface area contributed by atoms with Crippen molar-refractivity contribution in [3.8, 4) is 11.5 Å². The maximum Gasteiger partial charge on any atom is 0.313 e. The zero-order valence-corrected chi connectivity index (χ0v) is 19.1. The first-order chi connectivity index (χ1) is 16.0. The number of amides is 1. The number of carbonyl (C=O) groups excluding carboxylic acids is 1. The second-order valence-corrected chi connectivity index (χ2v) is 7.32. The van der Waals surface area contributed by atoms with Crippen LogP contribution in [-0.4, -0.2) is 35.2 Å². The van der Waals surface area contributed by atoms with Gasteiger partial charge in [0.15, 0.2) is 18.1 Å². The molecule has 3 rings (SSSR count). The Balaban J connectivity index is 1.71. The number of benzene rings is 2. The molecule has 0 fully saturated rings. The van der Waals surface area contributed by atoms with Crippen LogP contribution in [-0.2, 0) is 4.79 Å². The molecule has 0 unspecified atom stereocenters. The Labute approximate surface area is 197 Å². The first-order valence-electron chi connectivity index (χ1n) is 9.80. The molecular weight excluding hydrogens is 494 g/mol. The largest absolute Gasteiger partial charge is 0.490 e. The molecule has 0 radical (unpaired) electrons. The second-order valence-electron chi connectivity index (χ2n) is 6.46. The van der Waals surface area contributed by atoms with Crippen LogP contribution < -0.4 is 20.2 Å². The summed E-state index contributed by atoms with van der Waals surface area (Å²) in [7, 11) is 0. The van der Waals surface area contributed by atoms with Crippen LogP contribution in [0.5, 0.6) is 11.5 Å². The second kappa shape index (κ2) is 11.6. The lowest BCUT2D eigenvalue weighted by atomic mass is 10.2. The summed E-state index contributed by atoms with van der Waals surface area (Å²) in [6, 6.07) is 15.2. The van der Waals surface area contributed by atoms with Gasteiger partial charge in [-0.2, -0.15) is 5.10 Å². The fraction of sp³-hybridized carbons (Fsp3) is 0.136. The van der Waals surface area contributed by atoms with Crippen LogP contribution >= 0.6 is 15.9 Å². The lowest BCUT2D eigenvalue weighted by Gasteiger charge is -2.14. The summed E-state index contributed by atoms with van der Waals surface area (Å²) in [6.07, 6.45) is 2.88. The van der Waals surface area contributed by atoms with E-state index in [1.54, 1.807) is 24.3 Å². The van der Waals surface area contributed by atoms with Crippen molar-refractivity contribution in [2.75, 3.05) is 24.0 Å². The third-order valence-electron chi connectivity index (χ3n) is 4.10. The molecule has 11 heteroatoms. The number of nitrogens with zero attached hydrogens (tertiary/aromatic N) is 3. The summed E-state index contributed by atoms with van der Waals surface area (Å²) in [6.45, 7) is 1.98. The zero-order chi connectivity index (χ0) is 23.6. The quantitative estimate of drug-likeness (QED) is 0.230. The Hall–Kier alpha value is -3.99. The van der Waals surface area contributed by atoms with Crippen molar-refractivity contribution >= 4 is 45.2 Å². The number of rotatable bonds is 10. The van der Waals surface area contributed by atoms with Crippen molar-refractivity contribution in [2.45, 2.75) is 6.92 Å². The first kappa shape index (κ1) is 23.7. The molecule has 0 aliphatic rings. The van der Waals surface area contributed by atoms with Gasteiger partial charge in [-0.3, -0.25) is 20.3 Å². The number of hydrazone groups is 1. The molecule has 0 atom stereocenters. The molecule has 0 saturated heterocycles. The minimum atomic E-state index is -0.547. The van der Waals surface area contributed by atoms with Crippen molar-refractivity contribution in [1.29, 1.82) is 0 Å². The van der Waals surface area contributed by atoms with Crippen LogP contribution in [0.1, 0.15) is 12.5 Å². The standard InChI is InChI=1S/C22H20BrN5O5/c1-2-32-19-12-15(13-25-27-22-18(28(30)31)9-6-10-24-22)11-17(23)21(19)33-14-20(29)26-16-7-4-3-5-8-16/h3-13H,2,14H2,1H3,(H,24,27)(H,26,29)/b25-13-. The molecule has 3 aromatic rings. The fourth-order valence-corrected chi connectivity index (χ4v) is 3.29. The first-order valence-corrected chi connectivity index (χ1v) is 10.6. The molecule has 0 bridgehead atoms. The number of aromatic nitrogens is 1. The molecule has 0 aliphatic carbocycles. The van der Waals surface area contributed by atoms with Gasteiger partial charge in [0.1, 0.15) is 0 Å². The van der Waals surface area contributed by atoms with E-state index in [0.717, 1.165) is 0 Å². The molecule has 1 amide bonds. The molecule has 170 valence electrons. The molecule has 0 spiro atoms. The van der Waals surface area contributed by atoms with E-state index in [0.29, 0.717) is 33.8 Å². The van der Waals surface area contributed by atoms with Crippen LogP contribution in [0, 0.1) is 10.1 Å². The number of hydrogen-bond acceptors (Lipinski definition) is 8. The van der Waals surface area contributed by atoms with Crippen LogP contribution in [0.15, 0.2) is 70.4 Å². The van der Waals surface area contributed by atoms with Gasteiger partial charge < -0.3 is 14.8 Å². The van der Waals surface area contributed by atoms with Crippen LogP contribution in [0.4, 0.5) is 17.2 Å². The number of hydrogen-bond donors (Lipinski definition) is 2. The predicted molar refractivity (Wildman–Crippen MR) is 128 cm³/mol. The SMILES string of the molecule is CCOc1cc(/C=N\Nc2ncccc2[N+](=O)[O-])cc(Br)c1OCC(=O)Nc1ccccc1. The van der Waals surface area contributed by atoms with E-state index < -0.39 is 4.92 Å². The molecule has 1 aromatic heterocycles. The highest BCUT2D eigenvalue weighted by molar-refractivity contribution is 9.10. The number of nitrogens with one attached hydrogen (secondary N) is 2. The Morgan fingerprint density at radius 3 is 2.73 bits per heavy atom. The molecule has 0 saturated carbocycles. The number of pyridine rings is 1. The van der Waals surface area contributed by atoms with Gasteiger partial charge >= 0.3 is 5.69 Å². The summed E-state index contributed by atoms with van der Waals surface area (Å²) in [5, 5.41) is 17.8. The molecule has 10 nitrogen and oxygen atoms in total. The number of ether oxygens (including phenoxy) is 2. The van der Waals surface area contributed by atoms with Gasteiger partial charge in [-0.1, -0.05) is 18.2 Å². The van der Waals surface area contributed by atoms with Gasteiger partial charge in [0.05, 0.1) is 22.2 Å². The minimum absolute atomic E-state index is 0.0206. The van der Waals surface area contributed by atoms with Gasteiger partial charge in [0.2, 0.25) is 5.82 Å². The molecular formula is C22H20BrN5O5. The Kier molecular flexibility index (Phi) is 8.30. The lowest BCUT2D eigenvalue weighted by molar-refractivity contribution is -0.384. The fourth-order valence-electron chi connectivity index (χ4n) is 2.72. The Morgan fingerprint density at radius 2 is 2.00 bits per heavy atom. The summed E-state index contributed by atoms with van der Waals surface area (Å²) in [4.78, 5) is 26.7.